The highest BCUT2D eigenvalue weighted by Crippen LogP contribution is 2.50. The second kappa shape index (κ2) is 3.63. The third-order valence-corrected chi connectivity index (χ3v) is 4.94. The molecule has 0 aromatic heterocycles. The molecule has 0 aromatic carbocycles. The topological polar surface area (TPSA) is 0 Å². The number of rotatable bonds is 1. The van der Waals surface area contributed by atoms with Crippen molar-refractivity contribution in [2.45, 2.75) is 52.9 Å². The summed E-state index contributed by atoms with van der Waals surface area (Å²) in [7, 11) is 0. The van der Waals surface area contributed by atoms with E-state index in [2.05, 4.69) is 20.8 Å². The van der Waals surface area contributed by atoms with Crippen molar-refractivity contribution in [2.24, 2.45) is 29.6 Å². The second-order valence-corrected chi connectivity index (χ2v) is 5.66. The van der Waals surface area contributed by atoms with Crippen LogP contribution in [0.2, 0.25) is 0 Å². The molecular weight excluding hydrogens is 156 g/mol. The fraction of sp³-hybridized carbons (Fsp3) is 1.00. The molecule has 13 heavy (non-hydrogen) atoms. The van der Waals surface area contributed by atoms with Gasteiger partial charge < -0.3 is 0 Å². The maximum atomic E-state index is 2.49. The highest BCUT2D eigenvalue weighted by atomic mass is 14.5. The predicted molar refractivity (Wildman–Crippen MR) is 57.6 cm³/mol. The summed E-state index contributed by atoms with van der Waals surface area (Å²) in [5.41, 5.74) is 0. The van der Waals surface area contributed by atoms with Crippen molar-refractivity contribution < 1.29 is 0 Å². The van der Waals surface area contributed by atoms with E-state index >= 15 is 0 Å². The molecule has 76 valence electrons. The summed E-state index contributed by atoms with van der Waals surface area (Å²) in [5.74, 6) is 5.23. The number of hydrogen-bond donors (Lipinski definition) is 0. The molecule has 2 saturated carbocycles. The first-order valence-corrected chi connectivity index (χ1v) is 6.20. The Kier molecular flexibility index (Phi) is 2.67. The van der Waals surface area contributed by atoms with Gasteiger partial charge in [0.1, 0.15) is 0 Å². The predicted octanol–water partition coefficient (Wildman–Crippen LogP) is 4.10. The van der Waals surface area contributed by atoms with E-state index in [9.17, 15) is 0 Å². The van der Waals surface area contributed by atoms with Gasteiger partial charge in [-0.2, -0.15) is 0 Å². The minimum absolute atomic E-state index is 1.01. The molecule has 2 rings (SSSR count). The highest BCUT2D eigenvalue weighted by molar-refractivity contribution is 4.91. The lowest BCUT2D eigenvalue weighted by molar-refractivity contribution is 0.00757. The Labute approximate surface area is 83.1 Å². The molecule has 5 unspecified atom stereocenters. The van der Waals surface area contributed by atoms with Crippen LogP contribution in [0, 0.1) is 29.6 Å². The minimum atomic E-state index is 1.01. The minimum Gasteiger partial charge on any atom is -0.0622 e. The van der Waals surface area contributed by atoms with E-state index in [-0.39, 0.29) is 0 Å². The molecule has 5 atom stereocenters. The largest absolute Gasteiger partial charge is 0.0622 e. The fourth-order valence-corrected chi connectivity index (χ4v) is 3.63. The summed E-state index contributed by atoms with van der Waals surface area (Å²) in [5, 5.41) is 0. The molecule has 0 heterocycles. The Bertz CT molecular complexity index is 173. The Morgan fingerprint density at radius 3 is 2.00 bits per heavy atom. The van der Waals surface area contributed by atoms with Crippen molar-refractivity contribution >= 4 is 0 Å². The van der Waals surface area contributed by atoms with Gasteiger partial charge in [-0.25, -0.2) is 0 Å². The van der Waals surface area contributed by atoms with Crippen molar-refractivity contribution in [1.82, 2.24) is 0 Å². The van der Waals surface area contributed by atoms with Crippen LogP contribution in [0.4, 0.5) is 0 Å². The summed E-state index contributed by atoms with van der Waals surface area (Å²) in [6, 6.07) is 0. The van der Waals surface area contributed by atoms with Crippen LogP contribution >= 0.6 is 0 Å². The lowest BCUT2D eigenvalue weighted by Gasteiger charge is -2.49. The molecule has 0 N–H and O–H groups in total. The summed E-state index contributed by atoms with van der Waals surface area (Å²) in [6.07, 6.45) is 7.56. The quantitative estimate of drug-likeness (QED) is 0.570. The van der Waals surface area contributed by atoms with Crippen LogP contribution in [0.1, 0.15) is 52.9 Å². The smallest absolute Gasteiger partial charge is 0.0352 e. The standard InChI is InChI=1S/C13H24/c1-9-6-4-5-7-12(9)13-8-10(2)11(13)3/h9-13H,4-8H2,1-3H3. The van der Waals surface area contributed by atoms with Gasteiger partial charge in [0.25, 0.3) is 0 Å². The van der Waals surface area contributed by atoms with E-state index in [1.807, 2.05) is 0 Å². The van der Waals surface area contributed by atoms with Gasteiger partial charge in [-0.3, -0.25) is 0 Å². The van der Waals surface area contributed by atoms with E-state index in [4.69, 9.17) is 0 Å². The average Bonchev–Trinajstić information content (AvgIpc) is 2.15. The van der Waals surface area contributed by atoms with E-state index in [1.54, 1.807) is 0 Å². The van der Waals surface area contributed by atoms with Crippen molar-refractivity contribution in [3.63, 3.8) is 0 Å². The maximum absolute atomic E-state index is 2.49. The zero-order valence-electron chi connectivity index (χ0n) is 9.42. The van der Waals surface area contributed by atoms with Gasteiger partial charge in [-0.15, -0.1) is 0 Å². The molecule has 0 radical (unpaired) electrons. The Morgan fingerprint density at radius 1 is 0.769 bits per heavy atom. The third-order valence-electron chi connectivity index (χ3n) is 4.94. The van der Waals surface area contributed by atoms with E-state index < -0.39 is 0 Å². The van der Waals surface area contributed by atoms with Crippen LogP contribution < -0.4 is 0 Å². The van der Waals surface area contributed by atoms with E-state index in [0.29, 0.717) is 0 Å². The lowest BCUT2D eigenvalue weighted by Crippen LogP contribution is -2.41. The van der Waals surface area contributed by atoms with Crippen LogP contribution in [-0.2, 0) is 0 Å². The van der Waals surface area contributed by atoms with Gasteiger partial charge in [0, 0.05) is 0 Å². The molecule has 0 aliphatic heterocycles. The molecule has 0 heteroatoms. The molecule has 0 nitrogen and oxygen atoms in total. The van der Waals surface area contributed by atoms with Gasteiger partial charge in [-0.1, -0.05) is 40.0 Å². The number of hydrogen-bond acceptors (Lipinski definition) is 0. The average molecular weight is 180 g/mol. The molecule has 0 bridgehead atoms. The van der Waals surface area contributed by atoms with Crippen LogP contribution in [0.15, 0.2) is 0 Å². The van der Waals surface area contributed by atoms with Crippen molar-refractivity contribution in [3.8, 4) is 0 Å². The van der Waals surface area contributed by atoms with E-state index in [0.717, 1.165) is 29.6 Å². The fourth-order valence-electron chi connectivity index (χ4n) is 3.63. The normalized spacial score (nSPS) is 51.5. The first-order valence-electron chi connectivity index (χ1n) is 6.20. The van der Waals surface area contributed by atoms with Gasteiger partial charge >= 0.3 is 0 Å². The molecule has 2 fully saturated rings. The SMILES string of the molecule is CC1CC(C2CCCCC2C)C1C. The van der Waals surface area contributed by atoms with Crippen molar-refractivity contribution in [2.75, 3.05) is 0 Å². The first-order chi connectivity index (χ1) is 6.20. The van der Waals surface area contributed by atoms with Gasteiger partial charge in [-0.05, 0) is 42.4 Å². The maximum Gasteiger partial charge on any atom is -0.0352 e. The van der Waals surface area contributed by atoms with Crippen LogP contribution in [0.25, 0.3) is 0 Å². The van der Waals surface area contributed by atoms with Crippen LogP contribution in [0.3, 0.4) is 0 Å². The van der Waals surface area contributed by atoms with Crippen molar-refractivity contribution in [3.05, 3.63) is 0 Å². The molecule has 0 amide bonds. The Balaban J connectivity index is 1.92. The zero-order chi connectivity index (χ0) is 9.42. The monoisotopic (exact) mass is 180 g/mol. The Hall–Kier alpha value is 0. The van der Waals surface area contributed by atoms with E-state index in [1.165, 1.54) is 32.1 Å². The Morgan fingerprint density at radius 2 is 1.46 bits per heavy atom. The summed E-state index contributed by atoms with van der Waals surface area (Å²) < 4.78 is 0. The molecule has 2 aliphatic carbocycles. The summed E-state index contributed by atoms with van der Waals surface area (Å²) in [4.78, 5) is 0. The van der Waals surface area contributed by atoms with Gasteiger partial charge in [0.05, 0.1) is 0 Å². The molecule has 0 saturated heterocycles. The second-order valence-electron chi connectivity index (χ2n) is 5.66. The van der Waals surface area contributed by atoms with Crippen molar-refractivity contribution in [1.29, 1.82) is 0 Å². The highest BCUT2D eigenvalue weighted by Gasteiger charge is 2.41. The first kappa shape index (κ1) is 9.55. The third kappa shape index (κ3) is 1.65. The van der Waals surface area contributed by atoms with Gasteiger partial charge in [0.2, 0.25) is 0 Å². The van der Waals surface area contributed by atoms with Crippen LogP contribution in [0.5, 0.6) is 0 Å². The molecule has 0 aromatic rings. The lowest BCUT2D eigenvalue weighted by atomic mass is 9.57. The molecule has 2 aliphatic rings. The zero-order valence-corrected chi connectivity index (χ0v) is 9.42. The molecule has 0 spiro atoms. The van der Waals surface area contributed by atoms with Gasteiger partial charge in [0.15, 0.2) is 0 Å². The summed E-state index contributed by atoms with van der Waals surface area (Å²) in [6.45, 7) is 7.38. The molecular formula is C13H24. The van der Waals surface area contributed by atoms with Crippen LogP contribution in [-0.4, -0.2) is 0 Å². The summed E-state index contributed by atoms with van der Waals surface area (Å²) >= 11 is 0.